The number of alkyl carbamates (subject to hydrolysis) is 1. The molecule has 0 aliphatic rings. The Balaban J connectivity index is 4.28. The molecule has 0 aromatic rings. The predicted molar refractivity (Wildman–Crippen MR) is 54.0 cm³/mol. The molecule has 0 spiro atoms. The van der Waals surface area contributed by atoms with Crippen molar-refractivity contribution in [1.29, 1.82) is 0 Å². The largest absolute Gasteiger partial charge is 0.467 e. The molecule has 0 fully saturated rings. The fraction of sp³-hybridized carbons (Fsp3) is 0.600. The van der Waals surface area contributed by atoms with Gasteiger partial charge in [-0.1, -0.05) is 5.92 Å². The SMILES string of the molecule is C#CC(NC(=O)OC(C)(C)C)C(=O)OC. The van der Waals surface area contributed by atoms with Crippen molar-refractivity contribution in [3.05, 3.63) is 0 Å². The number of carbonyl (C=O) groups is 2. The van der Waals surface area contributed by atoms with Gasteiger partial charge in [0.25, 0.3) is 0 Å². The average Bonchev–Trinajstić information content (AvgIpc) is 2.10. The molecular formula is C10H15NO4. The van der Waals surface area contributed by atoms with Crippen LogP contribution >= 0.6 is 0 Å². The lowest BCUT2D eigenvalue weighted by atomic mass is 10.2. The second-order valence-corrected chi connectivity index (χ2v) is 3.77. The van der Waals surface area contributed by atoms with Gasteiger partial charge in [0, 0.05) is 0 Å². The van der Waals surface area contributed by atoms with Crippen molar-refractivity contribution in [3.63, 3.8) is 0 Å². The van der Waals surface area contributed by atoms with E-state index in [0.717, 1.165) is 0 Å². The molecule has 0 bridgehead atoms. The van der Waals surface area contributed by atoms with Gasteiger partial charge < -0.3 is 9.47 Å². The molecule has 1 atom stereocenters. The lowest BCUT2D eigenvalue weighted by Crippen LogP contribution is -2.43. The molecular weight excluding hydrogens is 198 g/mol. The second-order valence-electron chi connectivity index (χ2n) is 3.77. The van der Waals surface area contributed by atoms with Gasteiger partial charge in [0.1, 0.15) is 5.60 Å². The summed E-state index contributed by atoms with van der Waals surface area (Å²) in [6.07, 6.45) is 4.29. The van der Waals surface area contributed by atoms with Crippen LogP contribution in [0.1, 0.15) is 20.8 Å². The first-order valence-corrected chi connectivity index (χ1v) is 4.33. The van der Waals surface area contributed by atoms with Crippen molar-refractivity contribution in [1.82, 2.24) is 5.32 Å². The molecule has 0 aromatic carbocycles. The van der Waals surface area contributed by atoms with E-state index in [9.17, 15) is 9.59 Å². The van der Waals surface area contributed by atoms with E-state index in [1.165, 1.54) is 7.11 Å². The molecule has 0 radical (unpaired) electrons. The van der Waals surface area contributed by atoms with Gasteiger partial charge in [-0.15, -0.1) is 6.42 Å². The summed E-state index contributed by atoms with van der Waals surface area (Å²) in [6.45, 7) is 5.11. The van der Waals surface area contributed by atoms with Crippen LogP contribution < -0.4 is 5.32 Å². The van der Waals surface area contributed by atoms with Crippen LogP contribution in [0.25, 0.3) is 0 Å². The van der Waals surface area contributed by atoms with Crippen LogP contribution in [0.15, 0.2) is 0 Å². The predicted octanol–water partition coefficient (Wildman–Crippen LogP) is 0.686. The highest BCUT2D eigenvalue weighted by Crippen LogP contribution is 2.06. The monoisotopic (exact) mass is 213 g/mol. The molecule has 84 valence electrons. The minimum atomic E-state index is -1.12. The van der Waals surface area contributed by atoms with Crippen LogP contribution in [0.3, 0.4) is 0 Å². The number of hydrogen-bond acceptors (Lipinski definition) is 4. The van der Waals surface area contributed by atoms with Crippen LogP contribution in [0.2, 0.25) is 0 Å². The number of hydrogen-bond donors (Lipinski definition) is 1. The van der Waals surface area contributed by atoms with Gasteiger partial charge >= 0.3 is 12.1 Å². The topological polar surface area (TPSA) is 64.6 Å². The zero-order valence-electron chi connectivity index (χ0n) is 9.29. The zero-order chi connectivity index (χ0) is 12.1. The van der Waals surface area contributed by atoms with Crippen LogP contribution in [-0.4, -0.2) is 30.8 Å². The van der Waals surface area contributed by atoms with Crippen LogP contribution in [0, 0.1) is 12.3 Å². The normalized spacial score (nSPS) is 12.2. The molecule has 0 rings (SSSR count). The van der Waals surface area contributed by atoms with Crippen molar-refractivity contribution in [3.8, 4) is 12.3 Å². The molecule has 0 saturated carbocycles. The van der Waals surface area contributed by atoms with E-state index in [4.69, 9.17) is 11.2 Å². The van der Waals surface area contributed by atoms with Gasteiger partial charge in [-0.05, 0) is 20.8 Å². The molecule has 1 unspecified atom stereocenters. The molecule has 0 saturated heterocycles. The number of amides is 1. The summed E-state index contributed by atoms with van der Waals surface area (Å²) in [7, 11) is 1.18. The Morgan fingerprint density at radius 2 is 1.93 bits per heavy atom. The molecule has 5 heteroatoms. The van der Waals surface area contributed by atoms with Crippen LogP contribution in [0.4, 0.5) is 4.79 Å². The Morgan fingerprint density at radius 1 is 1.40 bits per heavy atom. The number of terminal acetylenes is 1. The fourth-order valence-electron chi connectivity index (χ4n) is 0.712. The average molecular weight is 213 g/mol. The van der Waals surface area contributed by atoms with Crippen molar-refractivity contribution < 1.29 is 19.1 Å². The van der Waals surface area contributed by atoms with Gasteiger partial charge in [-0.3, -0.25) is 5.32 Å². The first-order valence-electron chi connectivity index (χ1n) is 4.33. The number of rotatable bonds is 2. The maximum atomic E-state index is 11.2. The standard InChI is InChI=1S/C10H15NO4/c1-6-7(8(12)14-5)11-9(13)15-10(2,3)4/h1,7H,2-5H3,(H,11,13). The first kappa shape index (κ1) is 13.3. The van der Waals surface area contributed by atoms with E-state index in [-0.39, 0.29) is 0 Å². The number of ether oxygens (including phenoxy) is 2. The van der Waals surface area contributed by atoms with Crippen LogP contribution in [0.5, 0.6) is 0 Å². The Morgan fingerprint density at radius 3 is 2.27 bits per heavy atom. The highest BCUT2D eigenvalue weighted by molar-refractivity contribution is 5.84. The zero-order valence-corrected chi connectivity index (χ0v) is 9.29. The smallest absolute Gasteiger partial charge is 0.409 e. The number of methoxy groups -OCH3 is 1. The van der Waals surface area contributed by atoms with E-state index < -0.39 is 23.7 Å². The summed E-state index contributed by atoms with van der Waals surface area (Å²) >= 11 is 0. The lowest BCUT2D eigenvalue weighted by Gasteiger charge is -2.20. The van der Waals surface area contributed by atoms with Crippen molar-refractivity contribution in [2.45, 2.75) is 32.4 Å². The molecule has 0 heterocycles. The summed E-state index contributed by atoms with van der Waals surface area (Å²) in [5, 5.41) is 2.20. The molecule has 0 aliphatic heterocycles. The Hall–Kier alpha value is -1.70. The summed E-state index contributed by atoms with van der Waals surface area (Å²) in [5.74, 6) is 1.38. The quantitative estimate of drug-likeness (QED) is 0.541. The van der Waals surface area contributed by atoms with E-state index >= 15 is 0 Å². The third-order valence-electron chi connectivity index (χ3n) is 1.26. The maximum absolute atomic E-state index is 11.2. The first-order chi connectivity index (χ1) is 6.80. The van der Waals surface area contributed by atoms with Gasteiger partial charge in [0.2, 0.25) is 0 Å². The van der Waals surface area contributed by atoms with E-state index in [1.807, 2.05) is 0 Å². The van der Waals surface area contributed by atoms with E-state index in [0.29, 0.717) is 0 Å². The maximum Gasteiger partial charge on any atom is 0.409 e. The molecule has 0 aromatic heterocycles. The summed E-state index contributed by atoms with van der Waals surface area (Å²) in [5.41, 5.74) is -0.640. The van der Waals surface area contributed by atoms with Crippen LogP contribution in [-0.2, 0) is 14.3 Å². The number of carbonyl (C=O) groups excluding carboxylic acids is 2. The number of nitrogens with one attached hydrogen (secondary N) is 1. The fourth-order valence-corrected chi connectivity index (χ4v) is 0.712. The Labute approximate surface area is 89.1 Å². The molecule has 15 heavy (non-hydrogen) atoms. The molecule has 5 nitrogen and oxygen atoms in total. The summed E-state index contributed by atoms with van der Waals surface area (Å²) in [4.78, 5) is 22.2. The molecule has 1 amide bonds. The highest BCUT2D eigenvalue weighted by Gasteiger charge is 2.22. The molecule has 0 aliphatic carbocycles. The minimum absolute atomic E-state index is 0.640. The van der Waals surface area contributed by atoms with Gasteiger partial charge in [-0.2, -0.15) is 0 Å². The van der Waals surface area contributed by atoms with Gasteiger partial charge in [0.15, 0.2) is 6.04 Å². The van der Waals surface area contributed by atoms with Crippen molar-refractivity contribution >= 4 is 12.1 Å². The van der Waals surface area contributed by atoms with Crippen molar-refractivity contribution in [2.75, 3.05) is 7.11 Å². The van der Waals surface area contributed by atoms with Gasteiger partial charge in [0.05, 0.1) is 7.11 Å². The van der Waals surface area contributed by atoms with Crippen molar-refractivity contribution in [2.24, 2.45) is 0 Å². The minimum Gasteiger partial charge on any atom is -0.467 e. The highest BCUT2D eigenvalue weighted by atomic mass is 16.6. The third kappa shape index (κ3) is 5.57. The summed E-state index contributed by atoms with van der Waals surface area (Å²) in [6, 6.07) is -1.12. The Kier molecular flexibility index (Phi) is 4.65. The van der Waals surface area contributed by atoms with Gasteiger partial charge in [-0.25, -0.2) is 9.59 Å². The lowest BCUT2D eigenvalue weighted by molar-refractivity contribution is -0.141. The third-order valence-corrected chi connectivity index (χ3v) is 1.26. The van der Waals surface area contributed by atoms with E-state index in [1.54, 1.807) is 20.8 Å². The Bertz CT molecular complexity index is 285. The molecule has 1 N–H and O–H groups in total. The summed E-state index contributed by atoms with van der Waals surface area (Å²) < 4.78 is 9.29. The number of esters is 1. The van der Waals surface area contributed by atoms with E-state index in [2.05, 4.69) is 16.0 Å². The second kappa shape index (κ2) is 5.25.